The molecule has 7 heteroatoms. The molecule has 31 heavy (non-hydrogen) atoms. The fourth-order valence-electron chi connectivity index (χ4n) is 4.23. The van der Waals surface area contributed by atoms with E-state index in [0.717, 1.165) is 11.1 Å². The van der Waals surface area contributed by atoms with Crippen molar-refractivity contribution in [3.05, 3.63) is 98.9 Å². The number of aromatic hydroxyl groups is 1. The quantitative estimate of drug-likeness (QED) is 0.637. The molecule has 160 valence electrons. The molecule has 1 aromatic heterocycles. The molecule has 0 radical (unpaired) electrons. The largest absolute Gasteiger partial charge is 0.503 e. The van der Waals surface area contributed by atoms with Gasteiger partial charge in [0.15, 0.2) is 11.4 Å². The average Bonchev–Trinajstić information content (AvgIpc) is 2.79. The Balaban J connectivity index is 1.93. The van der Waals surface area contributed by atoms with Gasteiger partial charge in [0, 0.05) is 32.3 Å². The molecule has 0 saturated heterocycles. The zero-order chi connectivity index (χ0) is 22.0. The normalized spacial score (nSPS) is 15.9. The van der Waals surface area contributed by atoms with Crippen LogP contribution in [0.3, 0.4) is 0 Å². The number of fused-ring (bicyclic) bond motifs is 1. The van der Waals surface area contributed by atoms with E-state index in [2.05, 4.69) is 0 Å². The lowest BCUT2D eigenvalue weighted by molar-refractivity contribution is 0.0582. The molecule has 1 atom stereocenters. The van der Waals surface area contributed by atoms with Gasteiger partial charge in [-0.3, -0.25) is 9.59 Å². The number of amides is 1. The van der Waals surface area contributed by atoms with Crippen molar-refractivity contribution in [3.8, 4) is 5.75 Å². The predicted molar refractivity (Wildman–Crippen MR) is 119 cm³/mol. The van der Waals surface area contributed by atoms with Gasteiger partial charge >= 0.3 is 0 Å². The topological polar surface area (TPSA) is 71.8 Å². The Morgan fingerprint density at radius 3 is 2.19 bits per heavy atom. The van der Waals surface area contributed by atoms with Crippen LogP contribution in [0.15, 0.2) is 71.7 Å². The van der Waals surface area contributed by atoms with Gasteiger partial charge in [-0.15, -0.1) is 0 Å². The third-order valence-electron chi connectivity index (χ3n) is 5.69. The second kappa shape index (κ2) is 8.96. The highest BCUT2D eigenvalue weighted by atomic mass is 35.5. The summed E-state index contributed by atoms with van der Waals surface area (Å²) in [6.07, 6.45) is 1.47. The summed E-state index contributed by atoms with van der Waals surface area (Å²) in [4.78, 5) is 27.1. The molecule has 4 rings (SSSR count). The van der Waals surface area contributed by atoms with E-state index in [1.807, 2.05) is 60.7 Å². The van der Waals surface area contributed by atoms with E-state index in [-0.39, 0.29) is 22.7 Å². The molecular weight excluding hydrogens is 416 g/mol. The maximum absolute atomic E-state index is 13.2. The molecule has 0 unspecified atom stereocenters. The van der Waals surface area contributed by atoms with E-state index in [1.54, 1.807) is 16.6 Å². The molecule has 0 saturated carbocycles. The van der Waals surface area contributed by atoms with Crippen molar-refractivity contribution in [1.29, 1.82) is 0 Å². The Labute approximate surface area is 185 Å². The number of rotatable bonds is 6. The van der Waals surface area contributed by atoms with Gasteiger partial charge < -0.3 is 19.3 Å². The van der Waals surface area contributed by atoms with E-state index < -0.39 is 17.1 Å². The first-order valence-electron chi connectivity index (χ1n) is 10.0. The van der Waals surface area contributed by atoms with Gasteiger partial charge in [0.05, 0.1) is 12.6 Å². The second-order valence-electron chi connectivity index (χ2n) is 7.52. The highest BCUT2D eigenvalue weighted by Gasteiger charge is 2.39. The standard InChI is InChI=1S/C24H23ClN2O4/c1-31-13-12-26-15-19(27-14-18(25)22(28)23(29)21(27)24(26)30)20(16-8-4-2-5-9-16)17-10-6-3-7-11-17/h2-11,14,19-20,29H,12-13,15H2,1H3/t19-/m1/s1. The molecule has 0 spiro atoms. The molecule has 1 aliphatic rings. The van der Waals surface area contributed by atoms with E-state index >= 15 is 0 Å². The van der Waals surface area contributed by atoms with Crippen molar-refractivity contribution in [2.75, 3.05) is 26.8 Å². The van der Waals surface area contributed by atoms with Crippen LogP contribution in [0.1, 0.15) is 33.6 Å². The van der Waals surface area contributed by atoms with Gasteiger partial charge in [0.1, 0.15) is 5.02 Å². The second-order valence-corrected chi connectivity index (χ2v) is 7.93. The summed E-state index contributed by atoms with van der Waals surface area (Å²) in [6.45, 7) is 1.07. The number of ether oxygens (including phenoxy) is 1. The van der Waals surface area contributed by atoms with Crippen molar-refractivity contribution in [1.82, 2.24) is 9.47 Å². The summed E-state index contributed by atoms with van der Waals surface area (Å²) in [5.41, 5.74) is 1.32. The summed E-state index contributed by atoms with van der Waals surface area (Å²) < 4.78 is 6.84. The van der Waals surface area contributed by atoms with Crippen LogP contribution in [0, 0.1) is 0 Å². The number of carbonyl (C=O) groups excluding carboxylic acids is 1. The van der Waals surface area contributed by atoms with E-state index in [4.69, 9.17) is 16.3 Å². The van der Waals surface area contributed by atoms with Crippen LogP contribution in [0.25, 0.3) is 0 Å². The molecule has 1 aliphatic heterocycles. The van der Waals surface area contributed by atoms with Gasteiger partial charge in [-0.2, -0.15) is 0 Å². The molecule has 1 N–H and O–H groups in total. The van der Waals surface area contributed by atoms with Crippen molar-refractivity contribution >= 4 is 17.5 Å². The molecule has 1 amide bonds. The lowest BCUT2D eigenvalue weighted by Gasteiger charge is -2.40. The zero-order valence-electron chi connectivity index (χ0n) is 17.1. The van der Waals surface area contributed by atoms with Crippen molar-refractivity contribution < 1.29 is 14.6 Å². The van der Waals surface area contributed by atoms with Gasteiger partial charge in [-0.25, -0.2) is 0 Å². The van der Waals surface area contributed by atoms with Crippen LogP contribution >= 0.6 is 11.6 Å². The molecular formula is C24H23ClN2O4. The number of hydrogen-bond acceptors (Lipinski definition) is 4. The van der Waals surface area contributed by atoms with Crippen LogP contribution in [-0.4, -0.2) is 47.3 Å². The Morgan fingerprint density at radius 1 is 1.06 bits per heavy atom. The number of methoxy groups -OCH3 is 1. The molecule has 0 fully saturated rings. The van der Waals surface area contributed by atoms with Gasteiger partial charge in [-0.1, -0.05) is 72.3 Å². The molecule has 3 aromatic rings. The number of carbonyl (C=O) groups is 1. The van der Waals surface area contributed by atoms with Crippen LogP contribution in [0.2, 0.25) is 5.02 Å². The summed E-state index contributed by atoms with van der Waals surface area (Å²) in [5.74, 6) is -1.18. The van der Waals surface area contributed by atoms with Gasteiger partial charge in [0.25, 0.3) is 5.91 Å². The molecule has 6 nitrogen and oxygen atoms in total. The van der Waals surface area contributed by atoms with Crippen molar-refractivity contribution in [3.63, 3.8) is 0 Å². The maximum Gasteiger partial charge on any atom is 0.274 e. The van der Waals surface area contributed by atoms with Crippen LogP contribution in [0.4, 0.5) is 0 Å². The Morgan fingerprint density at radius 2 is 1.65 bits per heavy atom. The number of aromatic nitrogens is 1. The Hall–Kier alpha value is -3.09. The minimum Gasteiger partial charge on any atom is -0.503 e. The summed E-state index contributed by atoms with van der Waals surface area (Å²) in [7, 11) is 1.57. The number of benzene rings is 2. The SMILES string of the molecule is COCCN1C[C@H](C(c2ccccc2)c2ccccc2)n2cc(Cl)c(=O)c(O)c2C1=O. The fraction of sp³-hybridized carbons (Fsp3) is 0.250. The first-order valence-corrected chi connectivity index (χ1v) is 10.4. The fourth-order valence-corrected chi connectivity index (χ4v) is 4.42. The Kier molecular flexibility index (Phi) is 6.11. The third-order valence-corrected chi connectivity index (χ3v) is 5.96. The van der Waals surface area contributed by atoms with Gasteiger partial charge in [0.2, 0.25) is 5.43 Å². The third kappa shape index (κ3) is 3.96. The number of nitrogens with zero attached hydrogens (tertiary/aromatic N) is 2. The first kappa shape index (κ1) is 21.2. The minimum atomic E-state index is -0.746. The van der Waals surface area contributed by atoms with Crippen LogP contribution in [-0.2, 0) is 4.74 Å². The van der Waals surface area contributed by atoms with Crippen LogP contribution in [0.5, 0.6) is 5.75 Å². The molecule has 2 heterocycles. The monoisotopic (exact) mass is 438 g/mol. The lowest BCUT2D eigenvalue weighted by atomic mass is 9.83. The number of hydrogen-bond donors (Lipinski definition) is 1. The minimum absolute atomic E-state index is 0.0429. The lowest BCUT2D eigenvalue weighted by Crippen LogP contribution is -2.47. The van der Waals surface area contributed by atoms with E-state index in [0.29, 0.717) is 19.7 Å². The van der Waals surface area contributed by atoms with Crippen molar-refractivity contribution in [2.24, 2.45) is 0 Å². The van der Waals surface area contributed by atoms with Crippen molar-refractivity contribution in [2.45, 2.75) is 12.0 Å². The average molecular weight is 439 g/mol. The highest BCUT2D eigenvalue weighted by Crippen LogP contribution is 2.40. The zero-order valence-corrected chi connectivity index (χ0v) is 17.8. The van der Waals surface area contributed by atoms with E-state index in [9.17, 15) is 14.7 Å². The molecule has 0 bridgehead atoms. The molecule has 2 aromatic carbocycles. The van der Waals surface area contributed by atoms with Gasteiger partial charge in [-0.05, 0) is 11.1 Å². The van der Waals surface area contributed by atoms with E-state index in [1.165, 1.54) is 6.20 Å². The van der Waals surface area contributed by atoms with Crippen LogP contribution < -0.4 is 5.43 Å². The first-order chi connectivity index (χ1) is 15.0. The molecule has 0 aliphatic carbocycles. The maximum atomic E-state index is 13.2. The highest BCUT2D eigenvalue weighted by molar-refractivity contribution is 6.30. The Bertz CT molecular complexity index is 1090. The smallest absolute Gasteiger partial charge is 0.274 e. The number of halogens is 1. The summed E-state index contributed by atoms with van der Waals surface area (Å²) in [5, 5.41) is 10.5. The summed E-state index contributed by atoms with van der Waals surface area (Å²) in [6, 6.07) is 19.7. The summed E-state index contributed by atoms with van der Waals surface area (Å²) >= 11 is 6.14. The number of pyridine rings is 1. The predicted octanol–water partition coefficient (Wildman–Crippen LogP) is 3.68.